The fourth-order valence-electron chi connectivity index (χ4n) is 1.22. The summed E-state index contributed by atoms with van der Waals surface area (Å²) in [6.45, 7) is 1.90. The van der Waals surface area contributed by atoms with Gasteiger partial charge in [0.25, 0.3) is 5.91 Å². The lowest BCUT2D eigenvalue weighted by Gasteiger charge is -2.21. The molecule has 2 heterocycles. The largest absolute Gasteiger partial charge is 0.364 e. The second-order valence-electron chi connectivity index (χ2n) is 2.61. The summed E-state index contributed by atoms with van der Waals surface area (Å²) < 4.78 is 0. The normalized spacial score (nSPS) is 21.9. The van der Waals surface area contributed by atoms with Gasteiger partial charge in [-0.05, 0) is 13.0 Å². The molecule has 1 aromatic rings. The minimum atomic E-state index is -0.0451. The molecule has 0 radical (unpaired) electrons. The Hall–Kier alpha value is -1.45. The van der Waals surface area contributed by atoms with Crippen LogP contribution in [0.3, 0.4) is 0 Å². The first-order chi connectivity index (χ1) is 5.27. The summed E-state index contributed by atoms with van der Waals surface area (Å²) in [5.74, 6) is -0.0451. The smallest absolute Gasteiger partial charge is 0.271 e. The van der Waals surface area contributed by atoms with Gasteiger partial charge in [0.2, 0.25) is 0 Å². The topological polar surface area (TPSA) is 56.9 Å². The highest BCUT2D eigenvalue weighted by atomic mass is 16.2. The second-order valence-corrected chi connectivity index (χ2v) is 2.61. The predicted octanol–water partition coefficient (Wildman–Crippen LogP) is 0.516. The van der Waals surface area contributed by atoms with Crippen LogP contribution in [-0.2, 0) is 0 Å². The van der Waals surface area contributed by atoms with Crippen molar-refractivity contribution in [1.29, 1.82) is 0 Å². The van der Waals surface area contributed by atoms with E-state index in [4.69, 9.17) is 0 Å². The van der Waals surface area contributed by atoms with Gasteiger partial charge in [0.1, 0.15) is 5.69 Å². The van der Waals surface area contributed by atoms with Gasteiger partial charge in [-0.25, -0.2) is 0 Å². The monoisotopic (exact) mass is 151 g/mol. The van der Waals surface area contributed by atoms with Gasteiger partial charge in [-0.15, -0.1) is 0 Å². The average molecular weight is 151 g/mol. The summed E-state index contributed by atoms with van der Waals surface area (Å²) in [4.78, 5) is 14.0. The number of H-pyrrole nitrogens is 1. The molecule has 0 aromatic carbocycles. The molecule has 58 valence electrons. The molecule has 2 rings (SSSR count). The highest BCUT2D eigenvalue weighted by Crippen LogP contribution is 2.17. The Kier molecular flexibility index (Phi) is 1.15. The molecule has 0 saturated heterocycles. The Balaban J connectivity index is 2.44. The van der Waals surface area contributed by atoms with Gasteiger partial charge in [-0.2, -0.15) is 0 Å². The molecule has 1 aliphatic rings. The number of aromatic nitrogens is 1. The number of carbonyl (C=O) groups excluding carboxylic acids is 1. The summed E-state index contributed by atoms with van der Waals surface area (Å²) in [5.41, 5.74) is 1.49. The maximum Gasteiger partial charge on any atom is 0.271 e. The van der Waals surface area contributed by atoms with Gasteiger partial charge in [0.15, 0.2) is 0 Å². The van der Waals surface area contributed by atoms with Crippen LogP contribution in [0.2, 0.25) is 0 Å². The van der Waals surface area contributed by atoms with Crippen LogP contribution in [-0.4, -0.2) is 17.1 Å². The van der Waals surface area contributed by atoms with Crippen LogP contribution in [0.25, 0.3) is 0 Å². The number of amides is 1. The van der Waals surface area contributed by atoms with Crippen molar-refractivity contribution in [2.24, 2.45) is 0 Å². The molecule has 0 spiro atoms. The quantitative estimate of drug-likeness (QED) is 0.506. The highest BCUT2D eigenvalue weighted by molar-refractivity contribution is 5.99. The number of anilines is 1. The first-order valence-corrected chi connectivity index (χ1v) is 3.52. The Labute approximate surface area is 64.0 Å². The van der Waals surface area contributed by atoms with Crippen LogP contribution < -0.4 is 10.6 Å². The Bertz CT molecular complexity index is 292. The van der Waals surface area contributed by atoms with Crippen LogP contribution in [0.4, 0.5) is 5.69 Å². The molecule has 1 unspecified atom stereocenters. The van der Waals surface area contributed by atoms with E-state index >= 15 is 0 Å². The predicted molar refractivity (Wildman–Crippen MR) is 41.3 cm³/mol. The highest BCUT2D eigenvalue weighted by Gasteiger charge is 2.20. The lowest BCUT2D eigenvalue weighted by Crippen LogP contribution is -2.42. The molecule has 1 aliphatic heterocycles. The van der Waals surface area contributed by atoms with E-state index in [0.717, 1.165) is 5.69 Å². The minimum Gasteiger partial charge on any atom is -0.364 e. The zero-order valence-electron chi connectivity index (χ0n) is 6.14. The lowest BCUT2D eigenvalue weighted by atomic mass is 10.2. The van der Waals surface area contributed by atoms with Crippen molar-refractivity contribution in [3.8, 4) is 0 Å². The third kappa shape index (κ3) is 0.869. The van der Waals surface area contributed by atoms with E-state index in [1.165, 1.54) is 0 Å². The maximum absolute atomic E-state index is 11.2. The summed E-state index contributed by atoms with van der Waals surface area (Å²) in [6, 6.07) is 1.85. The number of nitrogens with one attached hydrogen (secondary N) is 3. The third-order valence-corrected chi connectivity index (χ3v) is 1.69. The molecule has 1 aromatic heterocycles. The molecular weight excluding hydrogens is 142 g/mol. The van der Waals surface area contributed by atoms with E-state index in [0.29, 0.717) is 5.69 Å². The van der Waals surface area contributed by atoms with Gasteiger partial charge in [0.05, 0.1) is 11.9 Å². The Morgan fingerprint density at radius 3 is 3.09 bits per heavy atom. The van der Waals surface area contributed by atoms with Crippen LogP contribution >= 0.6 is 0 Å². The van der Waals surface area contributed by atoms with Crippen molar-refractivity contribution in [2.75, 3.05) is 5.32 Å². The average Bonchev–Trinajstić information content (AvgIpc) is 2.34. The summed E-state index contributed by atoms with van der Waals surface area (Å²) in [6.07, 6.45) is 1.76. The van der Waals surface area contributed by atoms with Gasteiger partial charge in [-0.3, -0.25) is 4.79 Å². The Morgan fingerprint density at radius 1 is 1.45 bits per heavy atom. The number of hydrogen-bond donors (Lipinski definition) is 3. The SMILES string of the molecule is CC1NC(=O)c2[nH]ccc2N1. The second kappa shape index (κ2) is 2.02. The fourth-order valence-corrected chi connectivity index (χ4v) is 1.22. The van der Waals surface area contributed by atoms with Gasteiger partial charge in [-0.1, -0.05) is 0 Å². The number of carbonyl (C=O) groups is 1. The van der Waals surface area contributed by atoms with Gasteiger partial charge < -0.3 is 15.6 Å². The standard InChI is InChI=1S/C7H9N3O/c1-4-9-5-2-3-8-6(5)7(11)10-4/h2-4,8-9H,1H3,(H,10,11). The molecule has 0 fully saturated rings. The van der Waals surface area contributed by atoms with Crippen molar-refractivity contribution in [2.45, 2.75) is 13.1 Å². The lowest BCUT2D eigenvalue weighted by molar-refractivity contribution is 0.0934. The number of hydrogen-bond acceptors (Lipinski definition) is 2. The Morgan fingerprint density at radius 2 is 2.27 bits per heavy atom. The minimum absolute atomic E-state index is 0.0193. The molecule has 1 amide bonds. The van der Waals surface area contributed by atoms with Gasteiger partial charge in [0, 0.05) is 6.20 Å². The van der Waals surface area contributed by atoms with Crippen molar-refractivity contribution in [1.82, 2.24) is 10.3 Å². The molecule has 11 heavy (non-hydrogen) atoms. The summed E-state index contributed by atoms with van der Waals surface area (Å²) in [5, 5.41) is 5.85. The first kappa shape index (κ1) is 6.27. The number of fused-ring (bicyclic) bond motifs is 1. The van der Waals surface area contributed by atoms with E-state index in [1.807, 2.05) is 13.0 Å². The molecular formula is C7H9N3O. The van der Waals surface area contributed by atoms with E-state index in [9.17, 15) is 4.79 Å². The van der Waals surface area contributed by atoms with Crippen molar-refractivity contribution in [3.63, 3.8) is 0 Å². The van der Waals surface area contributed by atoms with Crippen LogP contribution in [0.1, 0.15) is 17.4 Å². The molecule has 0 saturated carbocycles. The summed E-state index contributed by atoms with van der Waals surface area (Å²) in [7, 11) is 0. The van der Waals surface area contributed by atoms with Crippen molar-refractivity contribution < 1.29 is 4.79 Å². The fraction of sp³-hybridized carbons (Fsp3) is 0.286. The van der Waals surface area contributed by atoms with Crippen molar-refractivity contribution in [3.05, 3.63) is 18.0 Å². The molecule has 0 aliphatic carbocycles. The van der Waals surface area contributed by atoms with Crippen LogP contribution in [0, 0.1) is 0 Å². The third-order valence-electron chi connectivity index (χ3n) is 1.69. The van der Waals surface area contributed by atoms with Gasteiger partial charge >= 0.3 is 0 Å². The molecule has 4 heteroatoms. The molecule has 3 N–H and O–H groups in total. The van der Waals surface area contributed by atoms with E-state index in [1.54, 1.807) is 6.20 Å². The molecule has 1 atom stereocenters. The van der Waals surface area contributed by atoms with Crippen molar-refractivity contribution >= 4 is 11.6 Å². The molecule has 4 nitrogen and oxygen atoms in total. The molecule has 0 bridgehead atoms. The number of rotatable bonds is 0. The maximum atomic E-state index is 11.2. The zero-order chi connectivity index (χ0) is 7.84. The summed E-state index contributed by atoms with van der Waals surface area (Å²) >= 11 is 0. The van der Waals surface area contributed by atoms with Crippen LogP contribution in [0.15, 0.2) is 12.3 Å². The van der Waals surface area contributed by atoms with E-state index < -0.39 is 0 Å². The number of aromatic amines is 1. The zero-order valence-corrected chi connectivity index (χ0v) is 6.14. The van der Waals surface area contributed by atoms with E-state index in [2.05, 4.69) is 15.6 Å². The van der Waals surface area contributed by atoms with E-state index in [-0.39, 0.29) is 12.1 Å². The first-order valence-electron chi connectivity index (χ1n) is 3.52. The van der Waals surface area contributed by atoms with Crippen LogP contribution in [0.5, 0.6) is 0 Å².